The molecule has 118 valence electrons. The first-order chi connectivity index (χ1) is 9.45. The Morgan fingerprint density at radius 1 is 1.38 bits per heavy atom. The van der Waals surface area contributed by atoms with Crippen molar-refractivity contribution in [3.63, 3.8) is 0 Å². The fourth-order valence-corrected chi connectivity index (χ4v) is 2.79. The molecule has 0 spiro atoms. The number of carbonyl (C=O) groups is 1. The second kappa shape index (κ2) is 6.36. The van der Waals surface area contributed by atoms with Crippen LogP contribution in [0.15, 0.2) is 12.1 Å². The number of aryl methyl sites for hydroxylation is 1. The minimum atomic E-state index is -2.19. The van der Waals surface area contributed by atoms with E-state index in [1.807, 2.05) is 13.1 Å². The maximum Gasteiger partial charge on any atom is 0.250 e. The summed E-state index contributed by atoms with van der Waals surface area (Å²) in [4.78, 5) is 10.8. The molecule has 3 nitrogen and oxygen atoms in total. The number of carbonyl (C=O) groups excluding carboxylic acids is 1. The van der Waals surface area contributed by atoms with Crippen LogP contribution in [-0.4, -0.2) is 14.2 Å². The molecular weight excluding hydrogens is 309 g/mol. The molecule has 1 amide bonds. The Kier molecular flexibility index (Phi) is 5.44. The van der Waals surface area contributed by atoms with E-state index in [1.165, 1.54) is 0 Å². The Morgan fingerprint density at radius 2 is 1.95 bits per heavy atom. The highest BCUT2D eigenvalue weighted by Crippen LogP contribution is 2.40. The molecule has 0 heterocycles. The lowest BCUT2D eigenvalue weighted by atomic mass is 10.1. The summed E-state index contributed by atoms with van der Waals surface area (Å²) in [5, 5.41) is 0.187. The van der Waals surface area contributed by atoms with Crippen molar-refractivity contribution >= 4 is 25.8 Å². The molecule has 6 heteroatoms. The Labute approximate surface area is 131 Å². The van der Waals surface area contributed by atoms with E-state index in [0.29, 0.717) is 5.56 Å². The lowest BCUT2D eigenvalue weighted by Gasteiger charge is -2.36. The van der Waals surface area contributed by atoms with E-state index in [1.54, 1.807) is 12.1 Å². The number of benzene rings is 1. The number of halogens is 2. The summed E-state index contributed by atoms with van der Waals surface area (Å²) in [6.07, 6.45) is 0.338. The topological polar surface area (TPSA) is 52.3 Å². The highest BCUT2D eigenvalue weighted by Gasteiger charge is 2.40. The highest BCUT2D eigenvalue weighted by molar-refractivity contribution is 6.74. The number of nitrogens with two attached hydrogens (primary N) is 1. The Bertz CT molecular complexity index is 541. The molecule has 1 aromatic rings. The van der Waals surface area contributed by atoms with Crippen LogP contribution >= 0.6 is 11.6 Å². The second-order valence-electron chi connectivity index (χ2n) is 6.68. The predicted molar refractivity (Wildman–Crippen MR) is 86.8 cm³/mol. The van der Waals surface area contributed by atoms with E-state index < -0.39 is 20.0 Å². The van der Waals surface area contributed by atoms with Gasteiger partial charge in [0.2, 0.25) is 5.91 Å². The van der Waals surface area contributed by atoms with Crippen LogP contribution in [0.5, 0.6) is 5.75 Å². The minimum Gasteiger partial charge on any atom is -0.541 e. The largest absolute Gasteiger partial charge is 0.541 e. The summed E-state index contributed by atoms with van der Waals surface area (Å²) in [5.41, 5.74) is 5.50. The van der Waals surface area contributed by atoms with Gasteiger partial charge in [-0.25, -0.2) is 4.39 Å². The summed E-state index contributed by atoms with van der Waals surface area (Å²) >= 11 is 6.09. The summed E-state index contributed by atoms with van der Waals surface area (Å²) in [5.74, 6) is -0.866. The van der Waals surface area contributed by atoms with Crippen LogP contribution in [0.1, 0.15) is 32.8 Å². The van der Waals surface area contributed by atoms with Crippen molar-refractivity contribution < 1.29 is 13.6 Å². The normalized spacial score (nSPS) is 12.3. The Morgan fingerprint density at radius 3 is 2.43 bits per heavy atom. The molecule has 0 aliphatic heterocycles. The monoisotopic (exact) mass is 331 g/mol. The van der Waals surface area contributed by atoms with E-state index in [0.717, 1.165) is 0 Å². The van der Waals surface area contributed by atoms with E-state index in [2.05, 4.69) is 20.8 Å². The molecule has 1 aromatic carbocycles. The van der Waals surface area contributed by atoms with E-state index >= 15 is 0 Å². The van der Waals surface area contributed by atoms with Gasteiger partial charge in [-0.2, -0.15) is 0 Å². The molecule has 0 fully saturated rings. The molecule has 1 rings (SSSR count). The van der Waals surface area contributed by atoms with Gasteiger partial charge in [-0.05, 0) is 36.2 Å². The quantitative estimate of drug-likeness (QED) is 0.819. The fourth-order valence-electron chi connectivity index (χ4n) is 1.53. The van der Waals surface area contributed by atoms with Crippen LogP contribution in [0.4, 0.5) is 4.39 Å². The molecule has 0 aromatic heterocycles. The Balaban J connectivity index is 3.12. The molecular formula is C15H23ClFNO2Si. The molecule has 2 N–H and O–H groups in total. The molecule has 0 aliphatic carbocycles. The zero-order valence-corrected chi connectivity index (χ0v) is 15.0. The number of amides is 1. The van der Waals surface area contributed by atoms with Gasteiger partial charge in [-0.15, -0.1) is 0 Å². The number of primary amides is 1. The van der Waals surface area contributed by atoms with E-state index in [4.69, 9.17) is 21.8 Å². The molecule has 0 saturated carbocycles. The van der Waals surface area contributed by atoms with Crippen molar-refractivity contribution in [3.05, 3.63) is 28.5 Å². The van der Waals surface area contributed by atoms with Gasteiger partial charge in [0.05, 0.1) is 5.02 Å². The van der Waals surface area contributed by atoms with Crippen LogP contribution in [0.25, 0.3) is 0 Å². The van der Waals surface area contributed by atoms with Crippen molar-refractivity contribution in [1.82, 2.24) is 0 Å². The van der Waals surface area contributed by atoms with Crippen LogP contribution in [0.3, 0.4) is 0 Å². The molecule has 0 radical (unpaired) electrons. The van der Waals surface area contributed by atoms with Crippen LogP contribution in [0, 0.1) is 5.82 Å². The average molecular weight is 332 g/mol. The maximum absolute atomic E-state index is 14.6. The van der Waals surface area contributed by atoms with Gasteiger partial charge in [0.25, 0.3) is 8.32 Å². The second-order valence-corrected chi connectivity index (χ2v) is 11.8. The van der Waals surface area contributed by atoms with E-state index in [9.17, 15) is 9.18 Å². The van der Waals surface area contributed by atoms with E-state index in [-0.39, 0.29) is 28.7 Å². The smallest absolute Gasteiger partial charge is 0.250 e. The third-order valence-corrected chi connectivity index (χ3v) is 8.56. The minimum absolute atomic E-state index is 0.0635. The zero-order valence-electron chi connectivity index (χ0n) is 13.2. The fraction of sp³-hybridized carbons (Fsp3) is 0.533. The number of rotatable bonds is 5. The van der Waals surface area contributed by atoms with Gasteiger partial charge in [0.1, 0.15) is 0 Å². The van der Waals surface area contributed by atoms with Crippen molar-refractivity contribution in [1.29, 1.82) is 0 Å². The van der Waals surface area contributed by atoms with Gasteiger partial charge < -0.3 is 10.2 Å². The maximum atomic E-state index is 14.6. The third-order valence-electron chi connectivity index (χ3n) is 3.93. The SMILES string of the molecule is CC(C)(C)[Si](C)(C)Oc1c(Cl)ccc(CCC(N)=O)c1F. The molecule has 0 bridgehead atoms. The van der Waals surface area contributed by atoms with Gasteiger partial charge >= 0.3 is 0 Å². The van der Waals surface area contributed by atoms with Crippen molar-refractivity contribution in [2.45, 2.75) is 51.7 Å². The molecule has 0 aliphatic rings. The van der Waals surface area contributed by atoms with Gasteiger partial charge in [-0.1, -0.05) is 38.4 Å². The van der Waals surface area contributed by atoms with Gasteiger partial charge in [0.15, 0.2) is 11.6 Å². The summed E-state index contributed by atoms with van der Waals surface area (Å²) in [6.45, 7) is 10.3. The van der Waals surface area contributed by atoms with Gasteiger partial charge in [0, 0.05) is 6.42 Å². The van der Waals surface area contributed by atoms with Gasteiger partial charge in [-0.3, -0.25) is 4.79 Å². The third kappa shape index (κ3) is 4.45. The van der Waals surface area contributed by atoms with Crippen LogP contribution < -0.4 is 10.2 Å². The molecule has 0 atom stereocenters. The first-order valence-electron chi connectivity index (χ1n) is 6.90. The molecule has 21 heavy (non-hydrogen) atoms. The lowest BCUT2D eigenvalue weighted by Crippen LogP contribution is -2.44. The van der Waals surface area contributed by atoms with Crippen LogP contribution in [0.2, 0.25) is 23.2 Å². The first-order valence-corrected chi connectivity index (χ1v) is 10.2. The Hall–Kier alpha value is -1.07. The van der Waals surface area contributed by atoms with Crippen LogP contribution in [-0.2, 0) is 11.2 Å². The zero-order chi connectivity index (χ0) is 16.4. The lowest BCUT2D eigenvalue weighted by molar-refractivity contribution is -0.117. The first kappa shape index (κ1) is 18.0. The van der Waals surface area contributed by atoms with Crippen molar-refractivity contribution in [3.8, 4) is 5.75 Å². The summed E-state index contributed by atoms with van der Waals surface area (Å²) in [6, 6.07) is 3.17. The summed E-state index contributed by atoms with van der Waals surface area (Å²) in [7, 11) is -2.19. The standard InChI is InChI=1S/C15H23ClFNO2Si/c1-15(2,3)21(4,5)20-14-11(16)8-6-10(13(14)17)7-9-12(18)19/h6,8H,7,9H2,1-5H3,(H2,18,19). The number of hydrogen-bond acceptors (Lipinski definition) is 2. The molecule has 0 saturated heterocycles. The summed E-state index contributed by atoms with van der Waals surface area (Å²) < 4.78 is 20.6. The highest BCUT2D eigenvalue weighted by atomic mass is 35.5. The van der Waals surface area contributed by atoms with Crippen molar-refractivity contribution in [2.24, 2.45) is 5.73 Å². The molecule has 0 unspecified atom stereocenters. The number of hydrogen-bond donors (Lipinski definition) is 1. The van der Waals surface area contributed by atoms with Crippen molar-refractivity contribution in [2.75, 3.05) is 0 Å². The average Bonchev–Trinajstić information content (AvgIpc) is 2.32. The predicted octanol–water partition coefficient (Wildman–Crippen LogP) is 4.28.